The third-order valence-electron chi connectivity index (χ3n) is 6.54. The van der Waals surface area contributed by atoms with Gasteiger partial charge in [0, 0.05) is 47.5 Å². The van der Waals surface area contributed by atoms with Crippen molar-refractivity contribution >= 4 is 33.8 Å². The molecule has 178 valence electrons. The van der Waals surface area contributed by atoms with E-state index >= 15 is 0 Å². The molecular weight excluding hydrogens is 496 g/mol. The summed E-state index contributed by atoms with van der Waals surface area (Å²) in [6.07, 6.45) is 4.33. The zero-order chi connectivity index (χ0) is 24.9. The number of aryl methyl sites for hydroxylation is 2. The second-order valence-electron chi connectivity index (χ2n) is 8.99. The molecule has 0 spiro atoms. The molecule has 0 fully saturated rings. The number of aliphatic hydroxyl groups is 1. The summed E-state index contributed by atoms with van der Waals surface area (Å²) in [5.74, 6) is 0. The number of aromatic nitrogens is 1. The van der Waals surface area contributed by atoms with Crippen molar-refractivity contribution < 1.29 is 9.67 Å². The Hall–Kier alpha value is -3.21. The zero-order valence-corrected chi connectivity index (χ0v) is 22.4. The molecule has 0 amide bonds. The smallest absolute Gasteiger partial charge is 0.213 e. The van der Waals surface area contributed by atoms with E-state index in [1.807, 2.05) is 11.9 Å². The first-order valence-electron chi connectivity index (χ1n) is 11.8. The Bertz CT molecular complexity index is 1340. The van der Waals surface area contributed by atoms with Gasteiger partial charge in [0.15, 0.2) is 0 Å². The van der Waals surface area contributed by atoms with E-state index in [0.717, 1.165) is 21.4 Å². The Kier molecular flexibility index (Phi) is 7.84. The van der Waals surface area contributed by atoms with Gasteiger partial charge in [-0.15, -0.1) is 0 Å². The molecule has 1 heterocycles. The average Bonchev–Trinajstić information content (AvgIpc) is 2.86. The number of halogens is 1. The van der Waals surface area contributed by atoms with Crippen LogP contribution in [0.1, 0.15) is 22.4 Å². The monoisotopic (exact) mass is 527 g/mol. The summed E-state index contributed by atoms with van der Waals surface area (Å²) < 4.78 is 3.33. The number of nitrogens with zero attached hydrogens (tertiary/aromatic N) is 2. The van der Waals surface area contributed by atoms with Crippen LogP contribution in [0.2, 0.25) is 0 Å². The summed E-state index contributed by atoms with van der Waals surface area (Å²) >= 11 is 3.55. The van der Waals surface area contributed by atoms with Crippen LogP contribution in [0.25, 0.3) is 34.5 Å². The van der Waals surface area contributed by atoms with Gasteiger partial charge in [-0.1, -0.05) is 46.3 Å². The molecule has 4 heteroatoms. The normalized spacial score (nSPS) is 11.3. The van der Waals surface area contributed by atoms with Crippen LogP contribution < -0.4 is 9.47 Å². The molecule has 4 rings (SSSR count). The second kappa shape index (κ2) is 11.0. The number of aliphatic hydroxyl groups excluding tert-OH is 1. The molecule has 0 bridgehead atoms. The summed E-state index contributed by atoms with van der Waals surface area (Å²) in [5.41, 5.74) is 10.7. The van der Waals surface area contributed by atoms with Gasteiger partial charge < -0.3 is 10.0 Å². The van der Waals surface area contributed by atoms with Gasteiger partial charge in [0.2, 0.25) is 11.4 Å². The molecule has 0 saturated heterocycles. The first-order valence-corrected chi connectivity index (χ1v) is 12.6. The predicted octanol–water partition coefficient (Wildman–Crippen LogP) is 6.82. The van der Waals surface area contributed by atoms with Crippen molar-refractivity contribution in [2.24, 2.45) is 7.05 Å². The third kappa shape index (κ3) is 5.90. The lowest BCUT2D eigenvalue weighted by molar-refractivity contribution is -0.662. The van der Waals surface area contributed by atoms with E-state index in [1.165, 1.54) is 33.5 Å². The Labute approximate surface area is 217 Å². The van der Waals surface area contributed by atoms with Crippen molar-refractivity contribution in [1.29, 1.82) is 0 Å². The summed E-state index contributed by atoms with van der Waals surface area (Å²) in [4.78, 5) is 2.05. The van der Waals surface area contributed by atoms with Gasteiger partial charge in [-0.2, -0.15) is 4.57 Å². The Balaban J connectivity index is 1.76. The fourth-order valence-electron chi connectivity index (χ4n) is 4.13. The van der Waals surface area contributed by atoms with Crippen LogP contribution in [0.15, 0.2) is 83.3 Å². The quantitative estimate of drug-likeness (QED) is 0.267. The molecule has 3 aromatic carbocycles. The van der Waals surface area contributed by atoms with Crippen molar-refractivity contribution in [3.63, 3.8) is 0 Å². The van der Waals surface area contributed by atoms with E-state index in [2.05, 4.69) is 132 Å². The fraction of sp³-hybridized carbons (Fsp3) is 0.194. The minimum Gasteiger partial charge on any atom is -0.395 e. The standard InChI is InChI=1S/C31H32BrN2O/c1-22-5-9-26(19-23(22)2)31-21-27(25-10-12-28(32)13-11-25)20-30(34(31)4)16-8-24-6-14-29(15-7-24)33(3)17-18-35/h5-16,19-21,35H,17-18H2,1-4H3/q+1. The number of hydrogen-bond donors (Lipinski definition) is 1. The van der Waals surface area contributed by atoms with Gasteiger partial charge in [-0.25, -0.2) is 0 Å². The van der Waals surface area contributed by atoms with Gasteiger partial charge >= 0.3 is 0 Å². The highest BCUT2D eigenvalue weighted by Crippen LogP contribution is 2.28. The van der Waals surface area contributed by atoms with E-state index in [-0.39, 0.29) is 6.61 Å². The summed E-state index contributed by atoms with van der Waals surface area (Å²) in [6.45, 7) is 5.08. The molecule has 1 N–H and O–H groups in total. The molecule has 0 aliphatic carbocycles. The van der Waals surface area contributed by atoms with E-state index in [9.17, 15) is 5.11 Å². The van der Waals surface area contributed by atoms with Gasteiger partial charge in [0.25, 0.3) is 0 Å². The molecule has 0 saturated carbocycles. The SMILES string of the molecule is Cc1ccc(-c2cc(-c3ccc(Br)cc3)cc(C=Cc3ccc(N(C)CCO)cc3)[n+]2C)cc1C. The van der Waals surface area contributed by atoms with E-state index < -0.39 is 0 Å². The Morgan fingerprint density at radius 2 is 1.49 bits per heavy atom. The van der Waals surface area contributed by atoms with Crippen molar-refractivity contribution in [2.45, 2.75) is 13.8 Å². The number of likely N-dealkylation sites (N-methyl/N-ethyl adjacent to an activating group) is 1. The lowest BCUT2D eigenvalue weighted by Gasteiger charge is -2.17. The molecule has 0 aliphatic heterocycles. The molecule has 0 unspecified atom stereocenters. The second-order valence-corrected chi connectivity index (χ2v) is 9.90. The molecule has 1 aromatic heterocycles. The third-order valence-corrected chi connectivity index (χ3v) is 7.07. The first-order chi connectivity index (χ1) is 16.9. The van der Waals surface area contributed by atoms with Crippen LogP contribution in [-0.2, 0) is 7.05 Å². The van der Waals surface area contributed by atoms with Crippen molar-refractivity contribution in [2.75, 3.05) is 25.1 Å². The maximum Gasteiger partial charge on any atom is 0.213 e. The molecule has 0 atom stereocenters. The molecule has 35 heavy (non-hydrogen) atoms. The zero-order valence-electron chi connectivity index (χ0n) is 20.8. The maximum absolute atomic E-state index is 9.18. The largest absolute Gasteiger partial charge is 0.395 e. The number of pyridine rings is 1. The highest BCUT2D eigenvalue weighted by atomic mass is 79.9. The summed E-state index contributed by atoms with van der Waals surface area (Å²) in [6, 6.07) is 28.1. The van der Waals surface area contributed by atoms with Gasteiger partial charge in [0.1, 0.15) is 7.05 Å². The fourth-order valence-corrected chi connectivity index (χ4v) is 4.39. The van der Waals surface area contributed by atoms with E-state index in [4.69, 9.17) is 0 Å². The van der Waals surface area contributed by atoms with E-state index in [1.54, 1.807) is 0 Å². The molecular formula is C31H32BrN2O+. The molecule has 3 nitrogen and oxygen atoms in total. The highest BCUT2D eigenvalue weighted by Gasteiger charge is 2.17. The highest BCUT2D eigenvalue weighted by molar-refractivity contribution is 9.10. The predicted molar refractivity (Wildman–Crippen MR) is 151 cm³/mol. The lowest BCUT2D eigenvalue weighted by Crippen LogP contribution is -2.34. The van der Waals surface area contributed by atoms with Crippen molar-refractivity contribution in [1.82, 2.24) is 0 Å². The minimum atomic E-state index is 0.145. The number of rotatable bonds is 7. The van der Waals surface area contributed by atoms with Crippen molar-refractivity contribution in [3.05, 3.63) is 106 Å². The van der Waals surface area contributed by atoms with Crippen molar-refractivity contribution in [3.8, 4) is 22.4 Å². The van der Waals surface area contributed by atoms with Crippen LogP contribution >= 0.6 is 15.9 Å². The van der Waals surface area contributed by atoms with Crippen LogP contribution in [0, 0.1) is 13.8 Å². The number of benzene rings is 3. The molecule has 4 aromatic rings. The van der Waals surface area contributed by atoms with Gasteiger partial charge in [-0.3, -0.25) is 0 Å². The molecule has 0 radical (unpaired) electrons. The van der Waals surface area contributed by atoms with Gasteiger partial charge in [0.05, 0.1) is 6.61 Å². The van der Waals surface area contributed by atoms with Crippen LogP contribution in [0.5, 0.6) is 0 Å². The van der Waals surface area contributed by atoms with E-state index in [0.29, 0.717) is 6.54 Å². The van der Waals surface area contributed by atoms with Crippen LogP contribution in [0.3, 0.4) is 0 Å². The molecule has 0 aliphatic rings. The first kappa shape index (κ1) is 24.9. The van der Waals surface area contributed by atoms with Gasteiger partial charge in [-0.05, 0) is 84.1 Å². The lowest BCUT2D eigenvalue weighted by atomic mass is 9.99. The topological polar surface area (TPSA) is 27.3 Å². The summed E-state index contributed by atoms with van der Waals surface area (Å²) in [7, 11) is 4.12. The van der Waals surface area contributed by atoms with Crippen LogP contribution in [0.4, 0.5) is 5.69 Å². The average molecular weight is 529 g/mol. The number of hydrogen-bond acceptors (Lipinski definition) is 2. The van der Waals surface area contributed by atoms with Crippen LogP contribution in [-0.4, -0.2) is 25.3 Å². The summed E-state index contributed by atoms with van der Waals surface area (Å²) in [5, 5.41) is 9.18. The Morgan fingerprint density at radius 3 is 2.14 bits per heavy atom. The number of anilines is 1. The maximum atomic E-state index is 9.18. The Morgan fingerprint density at radius 1 is 0.800 bits per heavy atom. The minimum absolute atomic E-state index is 0.145.